The van der Waals surface area contributed by atoms with Crippen molar-refractivity contribution in [2.75, 3.05) is 6.54 Å². The number of aromatic nitrogens is 1. The van der Waals surface area contributed by atoms with E-state index < -0.39 is 5.91 Å². The van der Waals surface area contributed by atoms with Gasteiger partial charge in [0.25, 0.3) is 0 Å². The van der Waals surface area contributed by atoms with E-state index in [9.17, 15) is 9.59 Å². The van der Waals surface area contributed by atoms with Crippen LogP contribution in [0, 0.1) is 6.92 Å². The van der Waals surface area contributed by atoms with E-state index in [4.69, 9.17) is 5.21 Å². The molecule has 2 amide bonds. The molecule has 1 aliphatic rings. The van der Waals surface area contributed by atoms with Crippen molar-refractivity contribution in [3.63, 3.8) is 0 Å². The number of nitrogens with zero attached hydrogens (tertiary/aromatic N) is 1. The van der Waals surface area contributed by atoms with Gasteiger partial charge in [-0.1, -0.05) is 36.4 Å². The summed E-state index contributed by atoms with van der Waals surface area (Å²) in [6.45, 7) is 3.33. The third-order valence-electron chi connectivity index (χ3n) is 5.76. The van der Waals surface area contributed by atoms with E-state index in [1.165, 1.54) is 5.56 Å². The van der Waals surface area contributed by atoms with Gasteiger partial charge in [0.1, 0.15) is 0 Å². The van der Waals surface area contributed by atoms with Crippen LogP contribution in [0.2, 0.25) is 0 Å². The Kier molecular flexibility index (Phi) is 5.36. The lowest BCUT2D eigenvalue weighted by atomic mass is 9.95. The number of para-hydroxylation sites is 1. The zero-order valence-electron chi connectivity index (χ0n) is 16.5. The molecule has 0 unspecified atom stereocenters. The lowest BCUT2D eigenvalue weighted by molar-refractivity contribution is -0.131. The topological polar surface area (TPSA) is 85.4 Å². The van der Waals surface area contributed by atoms with Gasteiger partial charge in [-0.15, -0.1) is 0 Å². The summed E-state index contributed by atoms with van der Waals surface area (Å²) in [4.78, 5) is 29.6. The first-order chi connectivity index (χ1) is 14.0. The van der Waals surface area contributed by atoms with Crippen molar-refractivity contribution in [2.45, 2.75) is 39.2 Å². The van der Waals surface area contributed by atoms with Crippen LogP contribution in [0.15, 0.2) is 42.5 Å². The molecule has 0 saturated carbocycles. The fourth-order valence-electron chi connectivity index (χ4n) is 4.12. The Hall–Kier alpha value is -3.12. The largest absolute Gasteiger partial charge is 0.358 e. The normalized spacial score (nSPS) is 13.4. The Morgan fingerprint density at radius 2 is 2.00 bits per heavy atom. The molecule has 29 heavy (non-hydrogen) atoms. The van der Waals surface area contributed by atoms with Crippen LogP contribution in [-0.4, -0.2) is 33.5 Å². The lowest BCUT2D eigenvalue weighted by Gasteiger charge is -2.29. The van der Waals surface area contributed by atoms with Crippen LogP contribution in [0.4, 0.5) is 0 Å². The number of fused-ring (bicyclic) bond motifs is 2. The molecule has 0 spiro atoms. The Morgan fingerprint density at radius 1 is 1.17 bits per heavy atom. The molecule has 1 aliphatic heterocycles. The van der Waals surface area contributed by atoms with E-state index in [-0.39, 0.29) is 12.3 Å². The predicted octanol–water partition coefficient (Wildman–Crippen LogP) is 3.04. The number of carbonyl (C=O) groups is 2. The average molecular weight is 391 g/mol. The van der Waals surface area contributed by atoms with Crippen LogP contribution in [0.1, 0.15) is 34.4 Å². The number of hydrogen-bond donors (Lipinski definition) is 3. The van der Waals surface area contributed by atoms with Gasteiger partial charge in [-0.25, -0.2) is 5.48 Å². The van der Waals surface area contributed by atoms with E-state index in [1.807, 2.05) is 36.1 Å². The second kappa shape index (κ2) is 8.09. The molecule has 0 atom stereocenters. The van der Waals surface area contributed by atoms with Crippen LogP contribution in [-0.2, 0) is 35.4 Å². The monoisotopic (exact) mass is 391 g/mol. The fraction of sp³-hybridized carbons (Fsp3) is 0.304. The van der Waals surface area contributed by atoms with E-state index in [2.05, 4.69) is 23.2 Å². The number of nitrogens with one attached hydrogen (secondary N) is 2. The second-order valence-corrected chi connectivity index (χ2v) is 7.65. The van der Waals surface area contributed by atoms with E-state index in [0.717, 1.165) is 46.3 Å². The molecular weight excluding hydrogens is 366 g/mol. The van der Waals surface area contributed by atoms with Crippen LogP contribution >= 0.6 is 0 Å². The number of carbonyl (C=O) groups excluding carboxylic acids is 2. The zero-order chi connectivity index (χ0) is 20.4. The molecule has 6 heteroatoms. The van der Waals surface area contributed by atoms with Crippen molar-refractivity contribution in [3.8, 4) is 0 Å². The highest BCUT2D eigenvalue weighted by Crippen LogP contribution is 2.25. The summed E-state index contributed by atoms with van der Waals surface area (Å²) in [5, 5.41) is 9.76. The van der Waals surface area contributed by atoms with Gasteiger partial charge < -0.3 is 9.88 Å². The standard InChI is InChI=1S/C23H25N3O3/c1-15-20(19-4-2-3-5-21(19)24-15)13-23(28)26-11-10-17-8-6-16(12-18(17)14-26)7-9-22(27)25-29/h2-6,8,12,24,29H,7,9-11,13-14H2,1H3,(H,25,27). The first-order valence-electron chi connectivity index (χ1n) is 9.92. The van der Waals surface area contributed by atoms with Crippen LogP contribution in [0.25, 0.3) is 10.9 Å². The SMILES string of the molecule is Cc1[nH]c2ccccc2c1CC(=O)N1CCc2ccc(CCC(=O)NO)cc2C1. The van der Waals surface area contributed by atoms with Gasteiger partial charge in [0.2, 0.25) is 11.8 Å². The Bertz CT molecular complexity index is 1070. The summed E-state index contributed by atoms with van der Waals surface area (Å²) in [6, 6.07) is 14.3. The van der Waals surface area contributed by atoms with Gasteiger partial charge in [0.15, 0.2) is 0 Å². The lowest BCUT2D eigenvalue weighted by Crippen LogP contribution is -2.37. The summed E-state index contributed by atoms with van der Waals surface area (Å²) in [6.07, 6.45) is 2.02. The Balaban J connectivity index is 1.48. The summed E-state index contributed by atoms with van der Waals surface area (Å²) < 4.78 is 0. The van der Waals surface area contributed by atoms with Crippen LogP contribution < -0.4 is 5.48 Å². The maximum Gasteiger partial charge on any atom is 0.243 e. The average Bonchev–Trinajstić information content (AvgIpc) is 3.06. The van der Waals surface area contributed by atoms with E-state index in [1.54, 1.807) is 5.48 Å². The molecule has 3 aromatic rings. The third kappa shape index (κ3) is 4.03. The number of rotatable bonds is 5. The summed E-state index contributed by atoms with van der Waals surface area (Å²) in [5.74, 6) is -0.262. The second-order valence-electron chi connectivity index (χ2n) is 7.65. The summed E-state index contributed by atoms with van der Waals surface area (Å²) >= 11 is 0. The van der Waals surface area contributed by atoms with E-state index in [0.29, 0.717) is 19.4 Å². The summed E-state index contributed by atoms with van der Waals surface area (Å²) in [7, 11) is 0. The number of benzene rings is 2. The highest BCUT2D eigenvalue weighted by molar-refractivity contribution is 5.90. The van der Waals surface area contributed by atoms with Crippen molar-refractivity contribution in [1.82, 2.24) is 15.4 Å². The number of hydroxylamine groups is 1. The molecule has 0 fully saturated rings. The number of aryl methyl sites for hydroxylation is 2. The smallest absolute Gasteiger partial charge is 0.243 e. The molecular formula is C23H25N3O3. The van der Waals surface area contributed by atoms with Crippen molar-refractivity contribution < 1.29 is 14.8 Å². The molecule has 150 valence electrons. The summed E-state index contributed by atoms with van der Waals surface area (Å²) in [5.41, 5.74) is 8.27. The van der Waals surface area contributed by atoms with Gasteiger partial charge in [-0.05, 0) is 48.1 Å². The Morgan fingerprint density at radius 3 is 2.83 bits per heavy atom. The molecule has 0 aliphatic carbocycles. The maximum absolute atomic E-state index is 13.0. The number of hydrogen-bond acceptors (Lipinski definition) is 3. The minimum Gasteiger partial charge on any atom is -0.358 e. The van der Waals surface area contributed by atoms with Crippen molar-refractivity contribution in [3.05, 3.63) is 70.4 Å². The predicted molar refractivity (Wildman–Crippen MR) is 111 cm³/mol. The van der Waals surface area contributed by atoms with Crippen LogP contribution in [0.5, 0.6) is 0 Å². The highest BCUT2D eigenvalue weighted by Gasteiger charge is 2.22. The third-order valence-corrected chi connectivity index (χ3v) is 5.76. The molecule has 2 heterocycles. The highest BCUT2D eigenvalue weighted by atomic mass is 16.5. The van der Waals surface area contributed by atoms with Gasteiger partial charge in [0.05, 0.1) is 6.42 Å². The minimum absolute atomic E-state index is 0.133. The van der Waals surface area contributed by atoms with Crippen LogP contribution in [0.3, 0.4) is 0 Å². The van der Waals surface area contributed by atoms with Crippen molar-refractivity contribution >= 4 is 22.7 Å². The molecule has 0 saturated heterocycles. The number of H-pyrrole nitrogens is 1. The molecule has 3 N–H and O–H groups in total. The Labute approximate surface area is 169 Å². The molecule has 0 bridgehead atoms. The minimum atomic E-state index is -0.395. The van der Waals surface area contributed by atoms with E-state index >= 15 is 0 Å². The van der Waals surface area contributed by atoms with Gasteiger partial charge in [0, 0.05) is 36.1 Å². The number of amides is 2. The first-order valence-corrected chi connectivity index (χ1v) is 9.92. The molecule has 2 aromatic carbocycles. The quantitative estimate of drug-likeness (QED) is 0.462. The number of aromatic amines is 1. The molecule has 6 nitrogen and oxygen atoms in total. The first kappa shape index (κ1) is 19.2. The zero-order valence-corrected chi connectivity index (χ0v) is 16.5. The van der Waals surface area contributed by atoms with Gasteiger partial charge in [-0.3, -0.25) is 14.8 Å². The maximum atomic E-state index is 13.0. The van der Waals surface area contributed by atoms with Gasteiger partial charge in [-0.2, -0.15) is 0 Å². The molecule has 4 rings (SSSR count). The molecule has 0 radical (unpaired) electrons. The van der Waals surface area contributed by atoms with Gasteiger partial charge >= 0.3 is 0 Å². The van der Waals surface area contributed by atoms with Crippen molar-refractivity contribution in [1.29, 1.82) is 0 Å². The molecule has 1 aromatic heterocycles. The van der Waals surface area contributed by atoms with Crippen molar-refractivity contribution in [2.24, 2.45) is 0 Å². The fourth-order valence-corrected chi connectivity index (χ4v) is 4.12.